The maximum Gasteiger partial charge on any atom is 0.128 e. The number of unbranched alkanes of at least 4 members (excludes halogenated alkanes) is 1. The molecule has 1 rings (SSSR count). The summed E-state index contributed by atoms with van der Waals surface area (Å²) in [5, 5.41) is 18.3. The Hall–Kier alpha value is -1.26. The molecule has 0 heterocycles. The molecule has 0 bridgehead atoms. The average molecular weight is 240 g/mol. The van der Waals surface area contributed by atoms with Gasteiger partial charge >= 0.3 is 0 Å². The summed E-state index contributed by atoms with van der Waals surface area (Å²) in [6, 6.07) is 5.36. The summed E-state index contributed by atoms with van der Waals surface area (Å²) in [6.45, 7) is 2.39. The van der Waals surface area contributed by atoms with Crippen molar-refractivity contribution in [3.05, 3.63) is 23.8 Å². The molecule has 0 spiro atoms. The summed E-state index contributed by atoms with van der Waals surface area (Å²) < 4.78 is 10.7. The number of methoxy groups -OCH3 is 1. The Morgan fingerprint density at radius 2 is 2.06 bits per heavy atom. The van der Waals surface area contributed by atoms with E-state index in [1.54, 1.807) is 32.2 Å². The van der Waals surface area contributed by atoms with Crippen LogP contribution in [0.15, 0.2) is 18.2 Å². The van der Waals surface area contributed by atoms with Gasteiger partial charge in [-0.15, -0.1) is 0 Å². The predicted molar refractivity (Wildman–Crippen MR) is 65.4 cm³/mol. The van der Waals surface area contributed by atoms with E-state index in [1.807, 2.05) is 0 Å². The second kappa shape index (κ2) is 7.14. The van der Waals surface area contributed by atoms with Gasteiger partial charge in [-0.3, -0.25) is 0 Å². The maximum atomic E-state index is 9.61. The average Bonchev–Trinajstić information content (AvgIpc) is 2.34. The number of ether oxygens (including phenoxy) is 2. The Kier molecular flexibility index (Phi) is 5.80. The Balaban J connectivity index is 2.71. The lowest BCUT2D eigenvalue weighted by Gasteiger charge is -2.14. The molecule has 1 aromatic carbocycles. The predicted octanol–water partition coefficient (Wildman–Crippen LogP) is 1.90. The molecule has 4 nitrogen and oxygen atoms in total. The summed E-state index contributed by atoms with van der Waals surface area (Å²) >= 11 is 0. The number of aliphatic hydroxyl groups excluding tert-OH is 2. The molecule has 0 fully saturated rings. The van der Waals surface area contributed by atoms with E-state index in [-0.39, 0.29) is 6.61 Å². The fourth-order valence-electron chi connectivity index (χ4n) is 1.51. The summed E-state index contributed by atoms with van der Waals surface area (Å²) in [7, 11) is 1.59. The molecule has 2 N–H and O–H groups in total. The highest BCUT2D eigenvalue weighted by atomic mass is 16.5. The molecule has 1 aromatic rings. The first-order chi connectivity index (χ1) is 8.19. The molecular formula is C13H20O4. The number of aliphatic hydroxyl groups is 2. The van der Waals surface area contributed by atoms with Gasteiger partial charge in [0.2, 0.25) is 0 Å². The Bertz CT molecular complexity index is 336. The van der Waals surface area contributed by atoms with Crippen LogP contribution in [0.3, 0.4) is 0 Å². The zero-order valence-electron chi connectivity index (χ0n) is 10.3. The molecule has 0 radical (unpaired) electrons. The molecule has 0 aromatic heterocycles. The van der Waals surface area contributed by atoms with Gasteiger partial charge in [0.25, 0.3) is 0 Å². The Morgan fingerprint density at radius 3 is 2.65 bits per heavy atom. The van der Waals surface area contributed by atoms with Crippen LogP contribution in [-0.2, 0) is 0 Å². The third-order valence-electron chi connectivity index (χ3n) is 2.48. The van der Waals surface area contributed by atoms with Crippen LogP contribution in [0.1, 0.15) is 31.4 Å². The first-order valence-corrected chi connectivity index (χ1v) is 5.78. The summed E-state index contributed by atoms with van der Waals surface area (Å²) in [5.41, 5.74) is 0.745. The molecule has 17 heavy (non-hydrogen) atoms. The van der Waals surface area contributed by atoms with Gasteiger partial charge in [-0.05, 0) is 31.9 Å². The van der Waals surface area contributed by atoms with E-state index >= 15 is 0 Å². The molecule has 0 aliphatic heterocycles. The molecule has 96 valence electrons. The molecule has 4 heteroatoms. The molecule has 0 aliphatic carbocycles. The largest absolute Gasteiger partial charge is 0.497 e. The molecule has 0 aliphatic rings. The minimum absolute atomic E-state index is 0.171. The standard InChI is InChI=1S/C13H20O4/c1-10(15)12-6-5-11(16-2)9-13(12)17-8-4-3-7-14/h5-6,9-10,14-15H,3-4,7-8H2,1-2H3. The van der Waals surface area contributed by atoms with E-state index in [9.17, 15) is 5.11 Å². The van der Waals surface area contributed by atoms with Crippen molar-refractivity contribution < 1.29 is 19.7 Å². The first-order valence-electron chi connectivity index (χ1n) is 5.78. The Morgan fingerprint density at radius 1 is 1.29 bits per heavy atom. The third-order valence-corrected chi connectivity index (χ3v) is 2.48. The second-order valence-corrected chi connectivity index (χ2v) is 3.86. The van der Waals surface area contributed by atoms with E-state index in [0.717, 1.165) is 12.0 Å². The molecule has 0 saturated heterocycles. The monoisotopic (exact) mass is 240 g/mol. The van der Waals surface area contributed by atoms with Crippen molar-refractivity contribution >= 4 is 0 Å². The van der Waals surface area contributed by atoms with Crippen molar-refractivity contribution in [2.45, 2.75) is 25.9 Å². The van der Waals surface area contributed by atoms with Crippen LogP contribution >= 0.6 is 0 Å². The topological polar surface area (TPSA) is 58.9 Å². The highest BCUT2D eigenvalue weighted by molar-refractivity contribution is 5.41. The first kappa shape index (κ1) is 13.8. The SMILES string of the molecule is COc1ccc(C(C)O)c(OCCCCO)c1. The van der Waals surface area contributed by atoms with Gasteiger partial charge in [0.15, 0.2) is 0 Å². The zero-order valence-corrected chi connectivity index (χ0v) is 10.3. The molecular weight excluding hydrogens is 220 g/mol. The van der Waals surface area contributed by atoms with Crippen LogP contribution < -0.4 is 9.47 Å². The van der Waals surface area contributed by atoms with Gasteiger partial charge in [0.1, 0.15) is 11.5 Å². The van der Waals surface area contributed by atoms with E-state index in [4.69, 9.17) is 14.6 Å². The minimum Gasteiger partial charge on any atom is -0.497 e. The van der Waals surface area contributed by atoms with E-state index < -0.39 is 6.10 Å². The molecule has 0 saturated carbocycles. The lowest BCUT2D eigenvalue weighted by atomic mass is 10.1. The highest BCUT2D eigenvalue weighted by Crippen LogP contribution is 2.29. The number of rotatable bonds is 7. The van der Waals surface area contributed by atoms with E-state index in [1.165, 1.54) is 0 Å². The van der Waals surface area contributed by atoms with Crippen LogP contribution in [-0.4, -0.2) is 30.5 Å². The number of hydrogen-bond donors (Lipinski definition) is 2. The maximum absolute atomic E-state index is 9.61. The summed E-state index contributed by atoms with van der Waals surface area (Å²) in [6.07, 6.45) is 0.926. The van der Waals surface area contributed by atoms with Crippen molar-refractivity contribution in [3.63, 3.8) is 0 Å². The van der Waals surface area contributed by atoms with Crippen LogP contribution in [0.2, 0.25) is 0 Å². The van der Waals surface area contributed by atoms with Gasteiger partial charge in [-0.25, -0.2) is 0 Å². The molecule has 1 unspecified atom stereocenters. The fraction of sp³-hybridized carbons (Fsp3) is 0.538. The van der Waals surface area contributed by atoms with Gasteiger partial charge in [-0.1, -0.05) is 0 Å². The van der Waals surface area contributed by atoms with Crippen molar-refractivity contribution in [2.75, 3.05) is 20.3 Å². The van der Waals surface area contributed by atoms with Gasteiger partial charge in [0.05, 0.1) is 19.8 Å². The number of benzene rings is 1. The van der Waals surface area contributed by atoms with Crippen molar-refractivity contribution in [1.82, 2.24) is 0 Å². The number of hydrogen-bond acceptors (Lipinski definition) is 4. The van der Waals surface area contributed by atoms with Gasteiger partial charge < -0.3 is 19.7 Å². The van der Waals surface area contributed by atoms with E-state index in [0.29, 0.717) is 24.5 Å². The van der Waals surface area contributed by atoms with Gasteiger partial charge in [-0.2, -0.15) is 0 Å². The van der Waals surface area contributed by atoms with Crippen LogP contribution in [0.25, 0.3) is 0 Å². The van der Waals surface area contributed by atoms with Crippen molar-refractivity contribution in [2.24, 2.45) is 0 Å². The minimum atomic E-state index is -0.575. The lowest BCUT2D eigenvalue weighted by molar-refractivity contribution is 0.189. The van der Waals surface area contributed by atoms with E-state index in [2.05, 4.69) is 0 Å². The Labute approximate surface area is 102 Å². The normalized spacial score (nSPS) is 12.2. The summed E-state index contributed by atoms with van der Waals surface area (Å²) in [5.74, 6) is 1.34. The van der Waals surface area contributed by atoms with Crippen LogP contribution in [0.5, 0.6) is 11.5 Å². The molecule has 0 amide bonds. The third kappa shape index (κ3) is 4.24. The second-order valence-electron chi connectivity index (χ2n) is 3.86. The van der Waals surface area contributed by atoms with Crippen LogP contribution in [0.4, 0.5) is 0 Å². The lowest BCUT2D eigenvalue weighted by Crippen LogP contribution is -2.03. The van der Waals surface area contributed by atoms with Gasteiger partial charge in [0, 0.05) is 18.2 Å². The highest BCUT2D eigenvalue weighted by Gasteiger charge is 2.10. The smallest absolute Gasteiger partial charge is 0.128 e. The van der Waals surface area contributed by atoms with Crippen molar-refractivity contribution in [1.29, 1.82) is 0 Å². The van der Waals surface area contributed by atoms with Crippen molar-refractivity contribution in [3.8, 4) is 11.5 Å². The quantitative estimate of drug-likeness (QED) is 0.715. The fourth-order valence-corrected chi connectivity index (χ4v) is 1.51. The summed E-state index contributed by atoms with van der Waals surface area (Å²) in [4.78, 5) is 0. The molecule has 1 atom stereocenters. The van der Waals surface area contributed by atoms with Crippen LogP contribution in [0, 0.1) is 0 Å². The zero-order chi connectivity index (χ0) is 12.7.